The highest BCUT2D eigenvalue weighted by atomic mass is 16.7. The Hall–Kier alpha value is -0.940. The zero-order chi connectivity index (χ0) is 18.9. The topological polar surface area (TPSA) is 72.8 Å². The first-order chi connectivity index (χ1) is 12.0. The van der Waals surface area contributed by atoms with Crippen LogP contribution in [0.5, 0.6) is 0 Å². The van der Waals surface area contributed by atoms with Crippen molar-refractivity contribution in [3.63, 3.8) is 0 Å². The predicted molar refractivity (Wildman–Crippen MR) is 92.8 cm³/mol. The van der Waals surface area contributed by atoms with Crippen LogP contribution in [-0.4, -0.2) is 35.4 Å². The summed E-state index contributed by atoms with van der Waals surface area (Å²) >= 11 is 0. The van der Waals surface area contributed by atoms with Crippen molar-refractivity contribution in [3.8, 4) is 0 Å². The van der Waals surface area contributed by atoms with E-state index in [1.165, 1.54) is 7.11 Å². The van der Waals surface area contributed by atoms with Crippen LogP contribution in [0.25, 0.3) is 0 Å². The van der Waals surface area contributed by atoms with Crippen LogP contribution in [0.1, 0.15) is 59.8 Å². The molecule has 0 aromatic rings. The van der Waals surface area contributed by atoms with E-state index in [1.54, 1.807) is 0 Å². The Balaban J connectivity index is 1.83. The van der Waals surface area contributed by atoms with Crippen LogP contribution < -0.4 is 0 Å². The van der Waals surface area contributed by atoms with E-state index in [0.717, 1.165) is 19.3 Å². The summed E-state index contributed by atoms with van der Waals surface area (Å²) in [5.74, 6) is -1.74. The van der Waals surface area contributed by atoms with Gasteiger partial charge in [-0.05, 0) is 36.5 Å². The summed E-state index contributed by atoms with van der Waals surface area (Å²) < 4.78 is 11.9. The lowest BCUT2D eigenvalue weighted by Crippen LogP contribution is -2.65. The molecule has 5 nitrogen and oxygen atoms in total. The summed E-state index contributed by atoms with van der Waals surface area (Å²) in [6, 6.07) is 0. The fourth-order valence-electron chi connectivity index (χ4n) is 8.51. The fourth-order valence-corrected chi connectivity index (χ4v) is 8.51. The lowest BCUT2D eigenvalue weighted by molar-refractivity contribution is -0.276. The minimum absolute atomic E-state index is 0.123. The number of carbonyl (C=O) groups is 2. The molecule has 5 heteroatoms. The third-order valence-corrected chi connectivity index (χ3v) is 9.56. The number of ketones is 1. The summed E-state index contributed by atoms with van der Waals surface area (Å²) in [5.41, 5.74) is -2.71. The second-order valence-electron chi connectivity index (χ2n) is 10.6. The van der Waals surface area contributed by atoms with Gasteiger partial charge in [-0.15, -0.1) is 0 Å². The van der Waals surface area contributed by atoms with Crippen LogP contribution >= 0.6 is 0 Å². The minimum atomic E-state index is -1.32. The number of hydrogen-bond acceptors (Lipinski definition) is 5. The highest BCUT2D eigenvalue weighted by Crippen LogP contribution is 2.82. The lowest BCUT2D eigenvalue weighted by atomic mass is 9.42. The molecule has 0 amide bonds. The van der Waals surface area contributed by atoms with E-state index in [9.17, 15) is 14.7 Å². The lowest BCUT2D eigenvalue weighted by Gasteiger charge is -2.58. The van der Waals surface area contributed by atoms with Crippen molar-refractivity contribution in [2.45, 2.75) is 71.2 Å². The van der Waals surface area contributed by atoms with Crippen LogP contribution in [0.3, 0.4) is 0 Å². The standard InChI is InChI=1S/C21H30O5/c1-11-6-7-13-18(4)15-14(22)12-9-21(18,24)26-19(13,8-11)10-20(15,16(23)25-5)17(12,2)3/h11-13,15,24H,6-10H2,1-5H3. The molecule has 1 heterocycles. The molecule has 4 bridgehead atoms. The summed E-state index contributed by atoms with van der Waals surface area (Å²) in [6.07, 6.45) is 3.68. The highest BCUT2D eigenvalue weighted by molar-refractivity contribution is 5.98. The second-order valence-corrected chi connectivity index (χ2v) is 10.6. The van der Waals surface area contributed by atoms with Crippen molar-refractivity contribution < 1.29 is 24.2 Å². The van der Waals surface area contributed by atoms with Crippen molar-refractivity contribution >= 4 is 11.8 Å². The van der Waals surface area contributed by atoms with E-state index >= 15 is 0 Å². The smallest absolute Gasteiger partial charge is 0.313 e. The van der Waals surface area contributed by atoms with E-state index < -0.39 is 33.6 Å². The molecule has 4 aliphatic carbocycles. The molecular weight excluding hydrogens is 332 g/mol. The molecule has 8 atom stereocenters. The Morgan fingerprint density at radius 3 is 2.58 bits per heavy atom. The number of aliphatic hydroxyl groups is 1. The third-order valence-electron chi connectivity index (χ3n) is 9.56. The van der Waals surface area contributed by atoms with Crippen molar-refractivity contribution in [2.75, 3.05) is 7.11 Å². The van der Waals surface area contributed by atoms with Gasteiger partial charge >= 0.3 is 5.97 Å². The average Bonchev–Trinajstić information content (AvgIpc) is 2.81. The fraction of sp³-hybridized carbons (Fsp3) is 0.905. The molecule has 1 saturated heterocycles. The molecule has 0 radical (unpaired) electrons. The molecule has 0 spiro atoms. The quantitative estimate of drug-likeness (QED) is 0.726. The summed E-state index contributed by atoms with van der Waals surface area (Å²) in [5, 5.41) is 11.8. The van der Waals surface area contributed by atoms with Gasteiger partial charge in [0.25, 0.3) is 0 Å². The number of esters is 1. The number of Topliss-reactive ketones (excluding diaryl/α,β-unsaturated/α-hetero) is 1. The Morgan fingerprint density at radius 2 is 1.92 bits per heavy atom. The van der Waals surface area contributed by atoms with Gasteiger partial charge in [-0.3, -0.25) is 9.59 Å². The molecule has 144 valence electrons. The monoisotopic (exact) mass is 362 g/mol. The first-order valence-electron chi connectivity index (χ1n) is 10.0. The second kappa shape index (κ2) is 4.38. The van der Waals surface area contributed by atoms with Gasteiger partial charge in [-0.2, -0.15) is 0 Å². The van der Waals surface area contributed by atoms with E-state index in [1.807, 2.05) is 20.8 Å². The van der Waals surface area contributed by atoms with Crippen LogP contribution in [-0.2, 0) is 19.1 Å². The molecular formula is C21H30O5. The Labute approximate surface area is 154 Å². The number of fused-ring (bicyclic) bond motifs is 1. The Morgan fingerprint density at radius 1 is 1.23 bits per heavy atom. The predicted octanol–water partition coefficient (Wildman–Crippen LogP) is 2.69. The Bertz CT molecular complexity index is 730. The zero-order valence-electron chi connectivity index (χ0n) is 16.4. The number of ether oxygens (including phenoxy) is 2. The molecule has 26 heavy (non-hydrogen) atoms. The largest absolute Gasteiger partial charge is 0.469 e. The first kappa shape index (κ1) is 17.2. The number of carbonyl (C=O) groups excluding carboxylic acids is 2. The highest BCUT2D eigenvalue weighted by Gasteiger charge is 2.89. The molecule has 5 aliphatic rings. The molecule has 1 N–H and O–H groups in total. The first-order valence-corrected chi connectivity index (χ1v) is 10.0. The van der Waals surface area contributed by atoms with Crippen molar-refractivity contribution in [1.29, 1.82) is 0 Å². The van der Waals surface area contributed by atoms with Crippen molar-refractivity contribution in [3.05, 3.63) is 0 Å². The van der Waals surface area contributed by atoms with Gasteiger partial charge in [0, 0.05) is 23.7 Å². The number of rotatable bonds is 1. The summed E-state index contributed by atoms with van der Waals surface area (Å²) in [7, 11) is 1.42. The van der Waals surface area contributed by atoms with Gasteiger partial charge in [0.2, 0.25) is 0 Å². The maximum absolute atomic E-state index is 13.5. The van der Waals surface area contributed by atoms with Gasteiger partial charge in [0.15, 0.2) is 5.79 Å². The third kappa shape index (κ3) is 1.38. The van der Waals surface area contributed by atoms with Gasteiger partial charge in [0.1, 0.15) is 5.78 Å². The molecule has 5 fully saturated rings. The van der Waals surface area contributed by atoms with Crippen LogP contribution in [0, 0.1) is 39.9 Å². The van der Waals surface area contributed by atoms with Crippen LogP contribution in [0.15, 0.2) is 0 Å². The average molecular weight is 362 g/mol. The number of methoxy groups -OCH3 is 1. The van der Waals surface area contributed by atoms with E-state index in [-0.39, 0.29) is 23.6 Å². The molecule has 0 aromatic carbocycles. The normalized spacial score (nSPS) is 58.6. The zero-order valence-corrected chi connectivity index (χ0v) is 16.4. The maximum atomic E-state index is 13.5. The SMILES string of the molecule is COC(=O)C12CC34CC(C)CCC3C3(C)C1C(=O)C(CC3(O)O4)C2(C)C. The van der Waals surface area contributed by atoms with Gasteiger partial charge in [-0.25, -0.2) is 0 Å². The van der Waals surface area contributed by atoms with Gasteiger partial charge in [-0.1, -0.05) is 34.1 Å². The minimum Gasteiger partial charge on any atom is -0.469 e. The van der Waals surface area contributed by atoms with Crippen molar-refractivity contribution in [2.24, 2.45) is 39.9 Å². The van der Waals surface area contributed by atoms with Gasteiger partial charge < -0.3 is 14.6 Å². The van der Waals surface area contributed by atoms with E-state index in [0.29, 0.717) is 18.8 Å². The molecule has 1 aliphatic heterocycles. The van der Waals surface area contributed by atoms with Gasteiger partial charge in [0.05, 0.1) is 18.1 Å². The van der Waals surface area contributed by atoms with Crippen LogP contribution in [0.4, 0.5) is 0 Å². The van der Waals surface area contributed by atoms with E-state index in [2.05, 4.69) is 6.92 Å². The molecule has 4 saturated carbocycles. The molecule has 8 unspecified atom stereocenters. The summed E-state index contributed by atoms with van der Waals surface area (Å²) in [4.78, 5) is 26.8. The number of hydrogen-bond donors (Lipinski definition) is 1. The maximum Gasteiger partial charge on any atom is 0.313 e. The molecule has 5 rings (SSSR count). The molecule has 0 aromatic heterocycles. The van der Waals surface area contributed by atoms with Crippen molar-refractivity contribution in [1.82, 2.24) is 0 Å². The van der Waals surface area contributed by atoms with E-state index in [4.69, 9.17) is 9.47 Å². The summed E-state index contributed by atoms with van der Waals surface area (Å²) in [6.45, 7) is 8.31. The van der Waals surface area contributed by atoms with Crippen LogP contribution in [0.2, 0.25) is 0 Å². The Kier molecular flexibility index (Phi) is 2.89.